The van der Waals surface area contributed by atoms with E-state index in [1.165, 1.54) is 9.30 Å². The number of phenolic OH excluding ortho intramolecular Hbond substituents is 1. The highest BCUT2D eigenvalue weighted by Crippen LogP contribution is 2.37. The zero-order valence-corrected chi connectivity index (χ0v) is 16.1. The topological polar surface area (TPSA) is 98.3 Å². The van der Waals surface area contributed by atoms with Crippen LogP contribution in [0.15, 0.2) is 58.3 Å². The second-order valence-corrected chi connectivity index (χ2v) is 7.36. The molecule has 30 heavy (non-hydrogen) atoms. The molecule has 0 unspecified atom stereocenters. The van der Waals surface area contributed by atoms with E-state index in [-0.39, 0.29) is 11.3 Å². The van der Waals surface area contributed by atoms with Crippen LogP contribution in [0.1, 0.15) is 5.56 Å². The van der Waals surface area contributed by atoms with Crippen LogP contribution in [0.3, 0.4) is 0 Å². The van der Waals surface area contributed by atoms with Gasteiger partial charge in [-0.2, -0.15) is 8.97 Å². The Morgan fingerprint density at radius 2 is 1.93 bits per heavy atom. The van der Waals surface area contributed by atoms with Gasteiger partial charge in [0.05, 0.1) is 0 Å². The minimum atomic E-state index is -0.525. The number of aromatic amines is 1. The van der Waals surface area contributed by atoms with Crippen molar-refractivity contribution < 1.29 is 14.3 Å². The fraction of sp³-hybridized carbons (Fsp3) is 0.0952. The monoisotopic (exact) mass is 402 g/mol. The molecule has 148 valence electrons. The molecule has 9 nitrogen and oxygen atoms in total. The Morgan fingerprint density at radius 3 is 2.77 bits per heavy atom. The van der Waals surface area contributed by atoms with Crippen LogP contribution >= 0.6 is 0 Å². The van der Waals surface area contributed by atoms with E-state index in [0.29, 0.717) is 17.2 Å². The van der Waals surface area contributed by atoms with Crippen molar-refractivity contribution in [3.63, 3.8) is 0 Å². The van der Waals surface area contributed by atoms with Crippen molar-refractivity contribution >= 4 is 16.9 Å². The standard InChI is InChI=1S/C21H15N5O4/c1-11-7-8-12(27)9-13(11)15-10-24-17-18(28)22-20(29)23(2)19(17)26-21(24)25(15)14-5-3-4-6-16(14)30-26/h3-10H,1-2H3,(H-,22,27,28,29)/p+1. The molecule has 2 N–H and O–H groups in total. The Kier molecular flexibility index (Phi) is 3.01. The summed E-state index contributed by atoms with van der Waals surface area (Å²) in [6.07, 6.45) is 1.82. The van der Waals surface area contributed by atoms with Crippen LogP contribution in [0.5, 0.6) is 11.5 Å². The number of H-pyrrole nitrogens is 1. The molecule has 0 amide bonds. The molecule has 6 rings (SSSR count). The van der Waals surface area contributed by atoms with Crippen molar-refractivity contribution in [1.82, 2.24) is 18.8 Å². The number of fused-ring (bicyclic) bond motifs is 5. The molecule has 1 aliphatic heterocycles. The van der Waals surface area contributed by atoms with E-state index >= 15 is 0 Å². The normalized spacial score (nSPS) is 12.3. The molecule has 5 aromatic rings. The number of aromatic hydroxyl groups is 1. The molecule has 0 spiro atoms. The van der Waals surface area contributed by atoms with E-state index in [9.17, 15) is 14.7 Å². The lowest BCUT2D eigenvalue weighted by molar-refractivity contribution is -0.482. The van der Waals surface area contributed by atoms with Crippen LogP contribution in [0, 0.1) is 6.92 Å². The number of hydrogen-bond acceptors (Lipinski definition) is 4. The third-order valence-corrected chi connectivity index (χ3v) is 5.59. The van der Waals surface area contributed by atoms with Crippen molar-refractivity contribution in [1.29, 1.82) is 0 Å². The third kappa shape index (κ3) is 1.93. The summed E-state index contributed by atoms with van der Waals surface area (Å²) < 4.78 is 6.52. The highest BCUT2D eigenvalue weighted by Gasteiger charge is 2.37. The maximum Gasteiger partial charge on any atom is 0.415 e. The lowest BCUT2D eigenvalue weighted by Gasteiger charge is -2.15. The van der Waals surface area contributed by atoms with Gasteiger partial charge in [0.2, 0.25) is 11.3 Å². The molecule has 2 aromatic carbocycles. The van der Waals surface area contributed by atoms with Gasteiger partial charge in [-0.3, -0.25) is 14.3 Å². The van der Waals surface area contributed by atoms with E-state index in [0.717, 1.165) is 22.5 Å². The Morgan fingerprint density at radius 1 is 1.13 bits per heavy atom. The van der Waals surface area contributed by atoms with Gasteiger partial charge in [0, 0.05) is 12.6 Å². The number of para-hydroxylation sites is 2. The molecule has 0 saturated carbocycles. The van der Waals surface area contributed by atoms with Gasteiger partial charge in [-0.1, -0.05) is 18.2 Å². The summed E-state index contributed by atoms with van der Waals surface area (Å²) in [7, 11) is 1.58. The number of aromatic nitrogens is 5. The Balaban J connectivity index is 1.88. The van der Waals surface area contributed by atoms with Gasteiger partial charge in [0.1, 0.15) is 17.6 Å². The Hall–Kier alpha value is -4.27. The number of rotatable bonds is 1. The van der Waals surface area contributed by atoms with Crippen molar-refractivity contribution in [3.05, 3.63) is 75.1 Å². The lowest BCUT2D eigenvalue weighted by Crippen LogP contribution is -2.33. The summed E-state index contributed by atoms with van der Waals surface area (Å²) in [5.74, 6) is 1.29. The zero-order chi connectivity index (χ0) is 20.7. The van der Waals surface area contributed by atoms with E-state index in [1.54, 1.807) is 23.6 Å². The van der Waals surface area contributed by atoms with E-state index in [4.69, 9.17) is 4.84 Å². The molecule has 0 bridgehead atoms. The predicted molar refractivity (Wildman–Crippen MR) is 108 cm³/mol. The van der Waals surface area contributed by atoms with Crippen molar-refractivity contribution in [3.8, 4) is 28.4 Å². The lowest BCUT2D eigenvalue weighted by atomic mass is 10.1. The highest BCUT2D eigenvalue weighted by atomic mass is 16.7. The smallest absolute Gasteiger partial charge is 0.415 e. The number of imidazole rings is 2. The average molecular weight is 402 g/mol. The molecule has 0 saturated heterocycles. The first kappa shape index (κ1) is 16.7. The molecule has 0 atom stereocenters. The van der Waals surface area contributed by atoms with Crippen LogP contribution in [0.25, 0.3) is 33.9 Å². The number of nitrogens with one attached hydrogen (secondary N) is 1. The largest absolute Gasteiger partial charge is 0.508 e. The van der Waals surface area contributed by atoms with Gasteiger partial charge in [0.25, 0.3) is 11.2 Å². The molecule has 9 heteroatoms. The molecule has 1 aliphatic rings. The number of phenols is 1. The molecule has 0 radical (unpaired) electrons. The fourth-order valence-corrected chi connectivity index (χ4v) is 4.16. The van der Waals surface area contributed by atoms with Crippen LogP contribution in [0.4, 0.5) is 0 Å². The summed E-state index contributed by atoms with van der Waals surface area (Å²) in [6, 6.07) is 12.7. The molecular weight excluding hydrogens is 386 g/mol. The number of hydrogen-bond donors (Lipinski definition) is 2. The van der Waals surface area contributed by atoms with Gasteiger partial charge < -0.3 is 9.94 Å². The zero-order valence-electron chi connectivity index (χ0n) is 16.1. The minimum Gasteiger partial charge on any atom is -0.508 e. The Labute approximate surface area is 168 Å². The van der Waals surface area contributed by atoms with Crippen molar-refractivity contribution in [2.24, 2.45) is 7.05 Å². The summed E-state index contributed by atoms with van der Waals surface area (Å²) in [5.41, 5.74) is 2.95. The summed E-state index contributed by atoms with van der Waals surface area (Å²) >= 11 is 0. The van der Waals surface area contributed by atoms with Crippen molar-refractivity contribution in [2.75, 3.05) is 0 Å². The molecule has 4 heterocycles. The first-order valence-corrected chi connectivity index (χ1v) is 9.34. The first-order chi connectivity index (χ1) is 14.5. The summed E-state index contributed by atoms with van der Waals surface area (Å²) in [6.45, 7) is 1.96. The second kappa shape index (κ2) is 5.41. The molecular formula is C21H16N5O4+. The van der Waals surface area contributed by atoms with E-state index < -0.39 is 11.2 Å². The van der Waals surface area contributed by atoms with Crippen LogP contribution in [-0.2, 0) is 7.05 Å². The number of benzene rings is 2. The number of nitrogens with zero attached hydrogens (tertiary/aromatic N) is 4. The molecule has 0 fully saturated rings. The van der Waals surface area contributed by atoms with Crippen LogP contribution in [-0.4, -0.2) is 24.0 Å². The van der Waals surface area contributed by atoms with Crippen LogP contribution in [0.2, 0.25) is 0 Å². The van der Waals surface area contributed by atoms with Crippen molar-refractivity contribution in [2.45, 2.75) is 6.92 Å². The van der Waals surface area contributed by atoms with Gasteiger partial charge in [-0.15, -0.1) is 0 Å². The average Bonchev–Trinajstić information content (AvgIpc) is 3.27. The number of aryl methyl sites for hydroxylation is 2. The quantitative estimate of drug-likeness (QED) is 0.406. The third-order valence-electron chi connectivity index (χ3n) is 5.59. The van der Waals surface area contributed by atoms with E-state index in [2.05, 4.69) is 4.98 Å². The maximum atomic E-state index is 12.8. The highest BCUT2D eigenvalue weighted by molar-refractivity contribution is 5.76. The van der Waals surface area contributed by atoms with Gasteiger partial charge in [-0.25, -0.2) is 4.79 Å². The predicted octanol–water partition coefficient (Wildman–Crippen LogP) is 1.39. The van der Waals surface area contributed by atoms with Gasteiger partial charge >= 0.3 is 11.5 Å². The second-order valence-electron chi connectivity index (χ2n) is 7.36. The summed E-state index contributed by atoms with van der Waals surface area (Å²) in [4.78, 5) is 33.5. The molecule has 3 aromatic heterocycles. The minimum absolute atomic E-state index is 0.146. The van der Waals surface area contributed by atoms with E-state index in [1.807, 2.05) is 48.0 Å². The van der Waals surface area contributed by atoms with Gasteiger partial charge in [-0.05, 0) is 41.5 Å². The molecule has 0 aliphatic carbocycles. The van der Waals surface area contributed by atoms with Gasteiger partial charge in [0.15, 0.2) is 5.69 Å². The fourth-order valence-electron chi connectivity index (χ4n) is 4.16. The maximum absolute atomic E-state index is 12.8. The SMILES string of the molecule is Cc1ccc(O)cc1-c1c[n+]2c3c(=O)[nH]c(=O)n(C)c3n3c2n1-c1ccccc1O3. The first-order valence-electron chi connectivity index (χ1n) is 9.34. The van der Waals surface area contributed by atoms with Crippen LogP contribution < -0.4 is 20.5 Å². The Bertz CT molecular complexity index is 1650. The summed E-state index contributed by atoms with van der Waals surface area (Å²) in [5, 5.41) is 10.1.